The van der Waals surface area contributed by atoms with Crippen LogP contribution in [0.5, 0.6) is 0 Å². The average molecular weight is 657 g/mol. The third kappa shape index (κ3) is 3.86. The van der Waals surface area contributed by atoms with Gasteiger partial charge >= 0.3 is 0 Å². The van der Waals surface area contributed by atoms with E-state index in [4.69, 9.17) is 4.42 Å². The topological polar surface area (TPSA) is 32.6 Å². The summed E-state index contributed by atoms with van der Waals surface area (Å²) in [6.07, 6.45) is 22.9. The number of rotatable bonds is 0. The number of fused-ring (bicyclic) bond motifs is 11. The zero-order valence-corrected chi connectivity index (χ0v) is 28.3. The van der Waals surface area contributed by atoms with Gasteiger partial charge in [0.25, 0.3) is 0 Å². The first-order chi connectivity index (χ1) is 24.7. The highest BCUT2D eigenvalue weighted by atomic mass is 16.3. The summed E-state index contributed by atoms with van der Waals surface area (Å²) in [5, 5.41) is 2.34. The molecule has 4 atom stereocenters. The van der Waals surface area contributed by atoms with Crippen LogP contribution in [0.1, 0.15) is 23.1 Å². The molecule has 7 heterocycles. The van der Waals surface area contributed by atoms with Gasteiger partial charge in [0, 0.05) is 85.9 Å². The summed E-state index contributed by atoms with van der Waals surface area (Å²) in [4.78, 5) is 15.4. The maximum absolute atomic E-state index is 6.90. The zero-order chi connectivity index (χ0) is 33.0. The van der Waals surface area contributed by atoms with Crippen LogP contribution in [0.3, 0.4) is 0 Å². The smallest absolute Gasteiger partial charge is 0.159 e. The van der Waals surface area contributed by atoms with Gasteiger partial charge in [-0.1, -0.05) is 78.9 Å². The second-order valence-electron chi connectivity index (χ2n) is 14.7. The Balaban J connectivity index is 1.23. The lowest BCUT2D eigenvalue weighted by Crippen LogP contribution is -2.65. The molecule has 1 saturated heterocycles. The van der Waals surface area contributed by atoms with Gasteiger partial charge in [0.05, 0.1) is 11.1 Å². The van der Waals surface area contributed by atoms with Gasteiger partial charge in [0.2, 0.25) is 0 Å². The Kier molecular flexibility index (Phi) is 5.93. The van der Waals surface area contributed by atoms with E-state index >= 15 is 0 Å². The molecule has 1 aromatic heterocycles. The second-order valence-corrected chi connectivity index (χ2v) is 14.7. The van der Waals surface area contributed by atoms with Gasteiger partial charge in [-0.25, -0.2) is 0 Å². The Morgan fingerprint density at radius 3 is 2.12 bits per heavy atom. The lowest BCUT2D eigenvalue weighted by atomic mass is 9.71. The molecule has 6 aliphatic heterocycles. The number of anilines is 3. The molecule has 7 nitrogen and oxygen atoms in total. The number of nitrogens with zero attached hydrogens (tertiary/aromatic N) is 6. The highest BCUT2D eigenvalue weighted by Crippen LogP contribution is 2.53. The molecular weight excluding hydrogens is 617 g/mol. The van der Waals surface area contributed by atoms with E-state index in [2.05, 4.69) is 171 Å². The number of hydrogen-bond acceptors (Lipinski definition) is 7. The standard InChI is InChI=1S/C43H40N6O/c1-44-22-25-49-38(44)28-31-11-3-6-15-36(31)48-27-24-46-21-9-20-45-23-26-47-35-14-5-2-10-30(35)12-8-19-43(41(45)47,42(46)48)29-32-17-18-34-33-13-4-7-16-37(33)50-40(34)39(32)49/h2-8,10-11,13-19,22-27,38,41-42H,9,12,20-21,28-29H2,1H3/b19-8-. The molecule has 0 radical (unpaired) electrons. The van der Waals surface area contributed by atoms with Gasteiger partial charge in [-0.15, -0.1) is 0 Å². The molecule has 6 aliphatic rings. The molecule has 0 bridgehead atoms. The summed E-state index contributed by atoms with van der Waals surface area (Å²) in [5.41, 5.74) is 9.34. The molecule has 1 fully saturated rings. The van der Waals surface area contributed by atoms with Crippen molar-refractivity contribution in [3.8, 4) is 0 Å². The minimum absolute atomic E-state index is 0.0563. The van der Waals surface area contributed by atoms with Crippen molar-refractivity contribution in [3.05, 3.63) is 151 Å². The molecule has 248 valence electrons. The average Bonchev–Trinajstić information content (AvgIpc) is 3.92. The number of para-hydroxylation sites is 3. The summed E-state index contributed by atoms with van der Waals surface area (Å²) in [5.74, 6) is 0. The molecule has 11 rings (SSSR count). The van der Waals surface area contributed by atoms with Crippen LogP contribution in [0.15, 0.2) is 139 Å². The molecule has 4 aromatic carbocycles. The van der Waals surface area contributed by atoms with Crippen LogP contribution >= 0.6 is 0 Å². The predicted octanol–water partition coefficient (Wildman–Crippen LogP) is 7.98. The molecule has 0 saturated carbocycles. The molecule has 4 unspecified atom stereocenters. The predicted molar refractivity (Wildman–Crippen MR) is 201 cm³/mol. The molecule has 7 heteroatoms. The minimum atomic E-state index is -0.363. The van der Waals surface area contributed by atoms with Crippen molar-refractivity contribution in [3.63, 3.8) is 0 Å². The Bertz CT molecular complexity index is 2300. The summed E-state index contributed by atoms with van der Waals surface area (Å²) in [6.45, 7) is 2.00. The molecule has 50 heavy (non-hydrogen) atoms. The van der Waals surface area contributed by atoms with Crippen LogP contribution in [0.2, 0.25) is 0 Å². The first kappa shape index (κ1) is 28.3. The van der Waals surface area contributed by atoms with Gasteiger partial charge in [-0.05, 0) is 54.2 Å². The maximum atomic E-state index is 6.90. The van der Waals surface area contributed by atoms with Crippen molar-refractivity contribution in [2.24, 2.45) is 5.41 Å². The monoisotopic (exact) mass is 656 g/mol. The fourth-order valence-electron chi connectivity index (χ4n) is 9.98. The zero-order valence-electron chi connectivity index (χ0n) is 28.3. The van der Waals surface area contributed by atoms with E-state index in [1.807, 2.05) is 0 Å². The first-order valence-electron chi connectivity index (χ1n) is 18.1. The van der Waals surface area contributed by atoms with Crippen molar-refractivity contribution in [1.29, 1.82) is 0 Å². The van der Waals surface area contributed by atoms with Crippen molar-refractivity contribution >= 4 is 39.0 Å². The summed E-state index contributed by atoms with van der Waals surface area (Å²) in [6, 6.07) is 31.3. The van der Waals surface area contributed by atoms with Crippen LogP contribution < -0.4 is 14.7 Å². The molecule has 0 N–H and O–H groups in total. The summed E-state index contributed by atoms with van der Waals surface area (Å²) >= 11 is 0. The fourth-order valence-corrected chi connectivity index (χ4v) is 9.98. The number of hydrogen-bond donors (Lipinski definition) is 0. The Morgan fingerprint density at radius 1 is 0.640 bits per heavy atom. The maximum Gasteiger partial charge on any atom is 0.159 e. The van der Waals surface area contributed by atoms with Crippen LogP contribution in [0.25, 0.3) is 21.9 Å². The Labute approximate surface area is 292 Å². The quantitative estimate of drug-likeness (QED) is 0.156. The van der Waals surface area contributed by atoms with Gasteiger partial charge < -0.3 is 33.8 Å². The van der Waals surface area contributed by atoms with E-state index < -0.39 is 0 Å². The van der Waals surface area contributed by atoms with Crippen LogP contribution in [0.4, 0.5) is 17.1 Å². The molecule has 5 aromatic rings. The fraction of sp³-hybridized carbons (Fsp3) is 0.256. The molecular formula is C43H40N6O. The first-order valence-corrected chi connectivity index (χ1v) is 18.1. The third-order valence-electron chi connectivity index (χ3n) is 12.1. The van der Waals surface area contributed by atoms with E-state index in [9.17, 15) is 0 Å². The second kappa shape index (κ2) is 10.5. The number of allylic oxidation sites excluding steroid dienone is 1. The van der Waals surface area contributed by atoms with E-state index in [-0.39, 0.29) is 23.9 Å². The normalized spacial score (nSPS) is 26.8. The van der Waals surface area contributed by atoms with E-state index in [1.165, 1.54) is 44.5 Å². The van der Waals surface area contributed by atoms with Crippen molar-refractivity contribution in [2.75, 3.05) is 34.8 Å². The number of furan rings is 1. The van der Waals surface area contributed by atoms with Crippen LogP contribution in [-0.2, 0) is 19.3 Å². The third-order valence-corrected chi connectivity index (χ3v) is 12.1. The molecule has 0 aliphatic carbocycles. The Morgan fingerprint density at radius 2 is 1.32 bits per heavy atom. The SMILES string of the molecule is CN1C=CN2c3c(ccc4c3oc3ccccc34)CC34/C=C\Cc5ccccc5N5C=CN(CCCN6C=CN(c7ccccc7CC12)C63)C54. The number of benzene rings is 4. The summed E-state index contributed by atoms with van der Waals surface area (Å²) in [7, 11) is 2.21. The van der Waals surface area contributed by atoms with E-state index in [0.29, 0.717) is 0 Å². The van der Waals surface area contributed by atoms with Gasteiger partial charge in [-0.2, -0.15) is 0 Å². The Hall–Kier alpha value is -5.56. The van der Waals surface area contributed by atoms with Crippen molar-refractivity contribution in [1.82, 2.24) is 14.7 Å². The van der Waals surface area contributed by atoms with Crippen LogP contribution in [-0.4, -0.2) is 53.3 Å². The number of likely N-dealkylation sites (N-methyl/N-ethyl adjacent to an activating group) is 1. The van der Waals surface area contributed by atoms with E-state index in [0.717, 1.165) is 49.9 Å². The van der Waals surface area contributed by atoms with Gasteiger partial charge in [0.15, 0.2) is 5.58 Å². The van der Waals surface area contributed by atoms with Gasteiger partial charge in [-0.3, -0.25) is 0 Å². The van der Waals surface area contributed by atoms with Crippen LogP contribution in [0, 0.1) is 5.41 Å². The lowest BCUT2D eigenvalue weighted by molar-refractivity contribution is 0.0485. The highest BCUT2D eigenvalue weighted by molar-refractivity contribution is 6.09. The highest BCUT2D eigenvalue weighted by Gasteiger charge is 2.57. The largest absolute Gasteiger partial charge is 0.454 e. The minimum Gasteiger partial charge on any atom is -0.454 e. The summed E-state index contributed by atoms with van der Waals surface area (Å²) < 4.78 is 6.90. The molecule has 1 spiro atoms. The lowest BCUT2D eigenvalue weighted by Gasteiger charge is -2.55. The molecule has 0 amide bonds. The van der Waals surface area contributed by atoms with Crippen molar-refractivity contribution < 1.29 is 4.42 Å². The van der Waals surface area contributed by atoms with Gasteiger partial charge in [0.1, 0.15) is 24.1 Å². The van der Waals surface area contributed by atoms with E-state index in [1.54, 1.807) is 0 Å². The van der Waals surface area contributed by atoms with Crippen molar-refractivity contribution in [2.45, 2.75) is 44.2 Å².